The minimum absolute atomic E-state index is 0.0576. The number of anilines is 1. The quantitative estimate of drug-likeness (QED) is 0.616. The first kappa shape index (κ1) is 16.2. The Labute approximate surface area is 122 Å². The number of nitrogens with one attached hydrogen (secondary N) is 1. The SMILES string of the molecule is CCOC(=O)CSCC(=O)Nc1cccc(C(C)=O)c1. The van der Waals surface area contributed by atoms with E-state index >= 15 is 0 Å². The lowest BCUT2D eigenvalue weighted by Crippen LogP contribution is -2.16. The number of Topliss-reactive ketones (excluding diaryl/α,β-unsaturated/α-hetero) is 1. The standard InChI is InChI=1S/C14H17NO4S/c1-3-19-14(18)9-20-8-13(17)15-12-6-4-5-11(7-12)10(2)16/h4-7H,3,8-9H2,1-2H3,(H,15,17). The van der Waals surface area contributed by atoms with Gasteiger partial charge in [-0.25, -0.2) is 0 Å². The van der Waals surface area contributed by atoms with Crippen LogP contribution in [-0.2, 0) is 14.3 Å². The van der Waals surface area contributed by atoms with Crippen LogP contribution in [0.1, 0.15) is 24.2 Å². The molecule has 0 radical (unpaired) electrons. The molecule has 0 aliphatic carbocycles. The zero-order chi connectivity index (χ0) is 15.0. The summed E-state index contributed by atoms with van der Waals surface area (Å²) < 4.78 is 4.76. The van der Waals surface area contributed by atoms with Crippen molar-refractivity contribution in [1.82, 2.24) is 0 Å². The number of hydrogen-bond acceptors (Lipinski definition) is 5. The van der Waals surface area contributed by atoms with Crippen LogP contribution < -0.4 is 5.32 Å². The Morgan fingerprint density at radius 1 is 1.25 bits per heavy atom. The summed E-state index contributed by atoms with van der Waals surface area (Å²) in [6, 6.07) is 6.72. The van der Waals surface area contributed by atoms with Gasteiger partial charge in [0.25, 0.3) is 0 Å². The molecule has 0 saturated carbocycles. The molecule has 108 valence electrons. The monoisotopic (exact) mass is 295 g/mol. The Bertz CT molecular complexity index is 502. The van der Waals surface area contributed by atoms with Crippen LogP contribution in [0.5, 0.6) is 0 Å². The molecule has 0 saturated heterocycles. The molecular formula is C14H17NO4S. The van der Waals surface area contributed by atoms with E-state index in [4.69, 9.17) is 4.74 Å². The summed E-state index contributed by atoms with van der Waals surface area (Å²) in [7, 11) is 0. The van der Waals surface area contributed by atoms with Gasteiger partial charge < -0.3 is 10.1 Å². The Morgan fingerprint density at radius 2 is 2.00 bits per heavy atom. The molecule has 6 heteroatoms. The van der Waals surface area contributed by atoms with Crippen molar-refractivity contribution in [3.05, 3.63) is 29.8 Å². The van der Waals surface area contributed by atoms with Crippen molar-refractivity contribution < 1.29 is 19.1 Å². The first-order valence-corrected chi connectivity index (χ1v) is 7.32. The van der Waals surface area contributed by atoms with E-state index in [1.54, 1.807) is 31.2 Å². The van der Waals surface area contributed by atoms with Crippen molar-refractivity contribution in [2.45, 2.75) is 13.8 Å². The van der Waals surface area contributed by atoms with Gasteiger partial charge in [0.1, 0.15) is 0 Å². The predicted octanol–water partition coefficient (Wildman–Crippen LogP) is 2.12. The molecule has 0 aliphatic rings. The zero-order valence-corrected chi connectivity index (χ0v) is 12.3. The second kappa shape index (κ2) is 8.37. The number of ketones is 1. The highest BCUT2D eigenvalue weighted by Crippen LogP contribution is 2.12. The van der Waals surface area contributed by atoms with Gasteiger partial charge in [0.05, 0.1) is 18.1 Å². The minimum atomic E-state index is -0.330. The number of carbonyl (C=O) groups excluding carboxylic acids is 3. The third kappa shape index (κ3) is 5.88. The van der Waals surface area contributed by atoms with Crippen molar-refractivity contribution in [1.29, 1.82) is 0 Å². The van der Waals surface area contributed by atoms with Gasteiger partial charge in [0.2, 0.25) is 5.91 Å². The third-order valence-corrected chi connectivity index (χ3v) is 3.22. The van der Waals surface area contributed by atoms with E-state index in [-0.39, 0.29) is 29.2 Å². The maximum absolute atomic E-state index is 11.7. The maximum atomic E-state index is 11.7. The van der Waals surface area contributed by atoms with Gasteiger partial charge in [-0.3, -0.25) is 14.4 Å². The van der Waals surface area contributed by atoms with Gasteiger partial charge in [-0.1, -0.05) is 12.1 Å². The maximum Gasteiger partial charge on any atom is 0.315 e. The lowest BCUT2D eigenvalue weighted by Gasteiger charge is -2.06. The Kier molecular flexibility index (Phi) is 6.79. The van der Waals surface area contributed by atoms with Crippen molar-refractivity contribution in [2.24, 2.45) is 0 Å². The van der Waals surface area contributed by atoms with Crippen molar-refractivity contribution in [2.75, 3.05) is 23.4 Å². The summed E-state index contributed by atoms with van der Waals surface area (Å²) >= 11 is 1.19. The molecule has 20 heavy (non-hydrogen) atoms. The first-order valence-electron chi connectivity index (χ1n) is 6.17. The largest absolute Gasteiger partial charge is 0.465 e. The average Bonchev–Trinajstić information content (AvgIpc) is 2.39. The zero-order valence-electron chi connectivity index (χ0n) is 11.5. The minimum Gasteiger partial charge on any atom is -0.465 e. The Balaban J connectivity index is 2.41. The molecule has 1 rings (SSSR count). The van der Waals surface area contributed by atoms with Crippen LogP contribution in [-0.4, -0.2) is 35.8 Å². The number of ether oxygens (including phenoxy) is 1. The van der Waals surface area contributed by atoms with Gasteiger partial charge in [-0.15, -0.1) is 11.8 Å². The molecule has 5 nitrogen and oxygen atoms in total. The molecule has 1 aromatic carbocycles. The van der Waals surface area contributed by atoms with Crippen LogP contribution in [0.25, 0.3) is 0 Å². The predicted molar refractivity (Wildman–Crippen MR) is 79.0 cm³/mol. The van der Waals surface area contributed by atoms with Gasteiger partial charge in [0.15, 0.2) is 5.78 Å². The first-order chi connectivity index (χ1) is 9.52. The fourth-order valence-corrected chi connectivity index (χ4v) is 2.05. The number of carbonyl (C=O) groups is 3. The molecule has 0 atom stereocenters. The molecule has 0 unspecified atom stereocenters. The number of rotatable bonds is 7. The molecular weight excluding hydrogens is 278 g/mol. The number of esters is 1. The molecule has 0 aromatic heterocycles. The highest BCUT2D eigenvalue weighted by atomic mass is 32.2. The summed E-state index contributed by atoms with van der Waals surface area (Å²) in [6.07, 6.45) is 0. The van der Waals surface area contributed by atoms with Crippen LogP contribution >= 0.6 is 11.8 Å². The van der Waals surface area contributed by atoms with Crippen LogP contribution in [0.4, 0.5) is 5.69 Å². The van der Waals surface area contributed by atoms with E-state index in [1.165, 1.54) is 18.7 Å². The molecule has 1 N–H and O–H groups in total. The molecule has 0 heterocycles. The summed E-state index contributed by atoms with van der Waals surface area (Å²) in [6.45, 7) is 3.54. The van der Waals surface area contributed by atoms with E-state index < -0.39 is 0 Å². The highest BCUT2D eigenvalue weighted by molar-refractivity contribution is 8.00. The van der Waals surface area contributed by atoms with E-state index in [9.17, 15) is 14.4 Å². The van der Waals surface area contributed by atoms with Crippen LogP contribution in [0.2, 0.25) is 0 Å². The molecule has 1 amide bonds. The summed E-state index contributed by atoms with van der Waals surface area (Å²) in [5.41, 5.74) is 1.11. The third-order valence-electron chi connectivity index (χ3n) is 2.31. The molecule has 0 spiro atoms. The van der Waals surface area contributed by atoms with E-state index in [0.717, 1.165) is 0 Å². The fraction of sp³-hybridized carbons (Fsp3) is 0.357. The van der Waals surface area contributed by atoms with Gasteiger partial charge >= 0.3 is 5.97 Å². The summed E-state index contributed by atoms with van der Waals surface area (Å²) in [5.74, 6) is -0.306. The molecule has 0 aliphatic heterocycles. The van der Waals surface area contributed by atoms with Gasteiger partial charge in [-0.2, -0.15) is 0 Å². The Morgan fingerprint density at radius 3 is 2.65 bits per heavy atom. The summed E-state index contributed by atoms with van der Waals surface area (Å²) in [4.78, 5) is 34.0. The van der Waals surface area contributed by atoms with E-state index in [0.29, 0.717) is 17.9 Å². The lowest BCUT2D eigenvalue weighted by molar-refractivity contribution is -0.139. The Hall–Kier alpha value is -1.82. The molecule has 0 fully saturated rings. The van der Waals surface area contributed by atoms with Gasteiger partial charge in [-0.05, 0) is 26.0 Å². The number of benzene rings is 1. The lowest BCUT2D eigenvalue weighted by atomic mass is 10.1. The van der Waals surface area contributed by atoms with Crippen LogP contribution in [0.15, 0.2) is 24.3 Å². The molecule has 0 bridgehead atoms. The summed E-state index contributed by atoms with van der Waals surface area (Å²) in [5, 5.41) is 2.68. The van der Waals surface area contributed by atoms with E-state index in [1.807, 2.05) is 0 Å². The van der Waals surface area contributed by atoms with Crippen molar-refractivity contribution >= 4 is 35.1 Å². The van der Waals surface area contributed by atoms with Gasteiger partial charge in [0, 0.05) is 11.3 Å². The van der Waals surface area contributed by atoms with Crippen molar-refractivity contribution in [3.63, 3.8) is 0 Å². The smallest absolute Gasteiger partial charge is 0.315 e. The topological polar surface area (TPSA) is 72.5 Å². The highest BCUT2D eigenvalue weighted by Gasteiger charge is 2.07. The number of hydrogen-bond donors (Lipinski definition) is 1. The van der Waals surface area contributed by atoms with Crippen LogP contribution in [0.3, 0.4) is 0 Å². The van der Waals surface area contributed by atoms with Crippen molar-refractivity contribution in [3.8, 4) is 0 Å². The normalized spacial score (nSPS) is 9.90. The number of thioether (sulfide) groups is 1. The van der Waals surface area contributed by atoms with E-state index in [2.05, 4.69) is 5.32 Å². The average molecular weight is 295 g/mol. The second-order valence-corrected chi connectivity index (χ2v) is 4.97. The number of amides is 1. The second-order valence-electron chi connectivity index (χ2n) is 3.98. The van der Waals surface area contributed by atoms with Crippen LogP contribution in [0, 0.1) is 0 Å². The fourth-order valence-electron chi connectivity index (χ4n) is 1.44. The molecule has 1 aromatic rings.